The fourth-order valence-corrected chi connectivity index (χ4v) is 3.79. The Bertz CT molecular complexity index is 922. The van der Waals surface area contributed by atoms with Gasteiger partial charge in [-0.3, -0.25) is 4.79 Å². The van der Waals surface area contributed by atoms with Crippen LogP contribution in [0.2, 0.25) is 0 Å². The molecule has 0 spiro atoms. The van der Waals surface area contributed by atoms with E-state index in [0.29, 0.717) is 6.54 Å². The fraction of sp³-hybridized carbons (Fsp3) is 0.364. The van der Waals surface area contributed by atoms with Gasteiger partial charge in [0.1, 0.15) is 12.4 Å². The molecule has 26 heavy (non-hydrogen) atoms. The predicted octanol–water partition coefficient (Wildman–Crippen LogP) is 3.95. The molecule has 4 heteroatoms. The molecule has 0 bridgehead atoms. The highest BCUT2D eigenvalue weighted by atomic mass is 16.2. The van der Waals surface area contributed by atoms with Gasteiger partial charge in [-0.2, -0.15) is 0 Å². The van der Waals surface area contributed by atoms with Crippen LogP contribution >= 0.6 is 0 Å². The van der Waals surface area contributed by atoms with Crippen LogP contribution in [0.3, 0.4) is 0 Å². The van der Waals surface area contributed by atoms with E-state index in [-0.39, 0.29) is 5.91 Å². The smallest absolute Gasteiger partial charge is 0.242 e. The Labute approximate surface area is 154 Å². The average molecular weight is 347 g/mol. The summed E-state index contributed by atoms with van der Waals surface area (Å²) in [6, 6.07) is 16.5. The summed E-state index contributed by atoms with van der Waals surface area (Å²) in [5.41, 5.74) is 4.52. The number of amides is 1. The number of rotatable bonds is 4. The third-order valence-corrected chi connectivity index (χ3v) is 5.35. The summed E-state index contributed by atoms with van der Waals surface area (Å²) >= 11 is 0. The number of carbonyl (C=O) groups excluding carboxylic acids is 1. The molecular weight excluding hydrogens is 322 g/mol. The van der Waals surface area contributed by atoms with Crippen molar-refractivity contribution in [2.24, 2.45) is 0 Å². The van der Waals surface area contributed by atoms with Gasteiger partial charge >= 0.3 is 0 Å². The topological polar surface area (TPSA) is 38.1 Å². The number of hydrogen-bond donors (Lipinski definition) is 0. The molecule has 1 aromatic heterocycles. The van der Waals surface area contributed by atoms with Gasteiger partial charge in [0, 0.05) is 19.5 Å². The normalized spacial score (nSPS) is 14.7. The first-order valence-corrected chi connectivity index (χ1v) is 9.49. The van der Waals surface area contributed by atoms with Crippen molar-refractivity contribution in [1.29, 1.82) is 0 Å². The van der Waals surface area contributed by atoms with Crippen molar-refractivity contribution in [3.63, 3.8) is 0 Å². The summed E-state index contributed by atoms with van der Waals surface area (Å²) in [5, 5.41) is 0. The van der Waals surface area contributed by atoms with Gasteiger partial charge in [0.05, 0.1) is 11.0 Å². The lowest BCUT2D eigenvalue weighted by atomic mass is 10.1. The van der Waals surface area contributed by atoms with E-state index < -0.39 is 0 Å². The summed E-state index contributed by atoms with van der Waals surface area (Å²) in [7, 11) is 0. The van der Waals surface area contributed by atoms with E-state index >= 15 is 0 Å². The average Bonchev–Trinajstić information content (AvgIpc) is 3.01. The quantitative estimate of drug-likeness (QED) is 0.717. The lowest BCUT2D eigenvalue weighted by Gasteiger charge is -2.27. The van der Waals surface area contributed by atoms with Crippen LogP contribution < -0.4 is 0 Å². The SMILES string of the molecule is Cc1ccccc1Cc1nc2ccccc2n1CC(=O)N1CCCCC1. The molecule has 4 rings (SSSR count). The number of benzene rings is 2. The van der Waals surface area contributed by atoms with Crippen LogP contribution in [0.4, 0.5) is 0 Å². The second kappa shape index (κ2) is 7.32. The van der Waals surface area contributed by atoms with E-state index in [1.807, 2.05) is 23.1 Å². The molecule has 0 aliphatic carbocycles. The summed E-state index contributed by atoms with van der Waals surface area (Å²) in [6.45, 7) is 4.28. The van der Waals surface area contributed by atoms with Crippen LogP contribution in [-0.2, 0) is 17.8 Å². The lowest BCUT2D eigenvalue weighted by Crippen LogP contribution is -2.38. The number of piperidine rings is 1. The van der Waals surface area contributed by atoms with Gasteiger partial charge < -0.3 is 9.47 Å². The molecule has 0 radical (unpaired) electrons. The van der Waals surface area contributed by atoms with Gasteiger partial charge in [-0.25, -0.2) is 4.98 Å². The van der Waals surface area contributed by atoms with Crippen molar-refractivity contribution in [2.75, 3.05) is 13.1 Å². The predicted molar refractivity (Wildman–Crippen MR) is 104 cm³/mol. The molecule has 134 valence electrons. The maximum absolute atomic E-state index is 12.9. The lowest BCUT2D eigenvalue weighted by molar-refractivity contribution is -0.132. The molecule has 1 aliphatic heterocycles. The molecule has 4 nitrogen and oxygen atoms in total. The minimum atomic E-state index is 0.207. The van der Waals surface area contributed by atoms with E-state index in [2.05, 4.69) is 41.8 Å². The van der Waals surface area contributed by atoms with Crippen molar-refractivity contribution in [3.8, 4) is 0 Å². The van der Waals surface area contributed by atoms with Gasteiger partial charge in [0.25, 0.3) is 0 Å². The molecule has 2 heterocycles. The van der Waals surface area contributed by atoms with Crippen LogP contribution in [0.1, 0.15) is 36.2 Å². The number of hydrogen-bond acceptors (Lipinski definition) is 2. The Balaban J connectivity index is 1.67. The number of likely N-dealkylation sites (tertiary alicyclic amines) is 1. The summed E-state index contributed by atoms with van der Waals surface area (Å²) in [5.74, 6) is 1.17. The van der Waals surface area contributed by atoms with Gasteiger partial charge in [0.15, 0.2) is 0 Å². The first-order valence-electron chi connectivity index (χ1n) is 9.49. The maximum atomic E-state index is 12.9. The number of carbonyl (C=O) groups is 1. The van der Waals surface area contributed by atoms with Crippen LogP contribution in [0.5, 0.6) is 0 Å². The second-order valence-electron chi connectivity index (χ2n) is 7.15. The largest absolute Gasteiger partial charge is 0.341 e. The number of fused-ring (bicyclic) bond motifs is 1. The molecule has 1 saturated heterocycles. The Morgan fingerprint density at radius 3 is 2.54 bits per heavy atom. The zero-order valence-corrected chi connectivity index (χ0v) is 15.3. The molecule has 0 N–H and O–H groups in total. The Morgan fingerprint density at radius 1 is 1.00 bits per heavy atom. The van der Waals surface area contributed by atoms with Gasteiger partial charge in [-0.1, -0.05) is 36.4 Å². The van der Waals surface area contributed by atoms with Gasteiger partial charge in [0.2, 0.25) is 5.91 Å². The Morgan fingerprint density at radius 2 is 1.73 bits per heavy atom. The Hall–Kier alpha value is -2.62. The highest BCUT2D eigenvalue weighted by molar-refractivity contribution is 5.81. The summed E-state index contributed by atoms with van der Waals surface area (Å²) < 4.78 is 2.11. The van der Waals surface area contributed by atoms with Crippen molar-refractivity contribution in [3.05, 3.63) is 65.5 Å². The third-order valence-electron chi connectivity index (χ3n) is 5.35. The molecule has 1 amide bonds. The summed E-state index contributed by atoms with van der Waals surface area (Å²) in [4.78, 5) is 19.7. The standard InChI is InChI=1S/C22H25N3O/c1-17-9-3-4-10-18(17)15-21-23-19-11-5-6-12-20(19)25(21)16-22(26)24-13-7-2-8-14-24/h3-6,9-12H,2,7-8,13-16H2,1H3. The number of para-hydroxylation sites is 2. The minimum absolute atomic E-state index is 0.207. The number of aromatic nitrogens is 2. The molecule has 0 unspecified atom stereocenters. The van der Waals surface area contributed by atoms with Crippen LogP contribution in [0.25, 0.3) is 11.0 Å². The first-order chi connectivity index (χ1) is 12.7. The van der Waals surface area contributed by atoms with Gasteiger partial charge in [-0.15, -0.1) is 0 Å². The molecular formula is C22H25N3O. The van der Waals surface area contributed by atoms with Crippen LogP contribution in [0, 0.1) is 6.92 Å². The molecule has 1 aliphatic rings. The van der Waals surface area contributed by atoms with Gasteiger partial charge in [-0.05, 0) is 49.4 Å². The number of imidazole rings is 1. The highest BCUT2D eigenvalue weighted by Gasteiger charge is 2.20. The van der Waals surface area contributed by atoms with E-state index in [4.69, 9.17) is 4.98 Å². The van der Waals surface area contributed by atoms with Crippen molar-refractivity contribution in [1.82, 2.24) is 14.5 Å². The molecule has 2 aromatic carbocycles. The van der Waals surface area contributed by atoms with E-state index in [0.717, 1.165) is 49.2 Å². The molecule has 1 fully saturated rings. The fourth-order valence-electron chi connectivity index (χ4n) is 3.79. The second-order valence-corrected chi connectivity index (χ2v) is 7.15. The minimum Gasteiger partial charge on any atom is -0.341 e. The summed E-state index contributed by atoms with van der Waals surface area (Å²) in [6.07, 6.45) is 4.21. The maximum Gasteiger partial charge on any atom is 0.242 e. The van der Waals surface area contributed by atoms with Crippen LogP contribution in [0.15, 0.2) is 48.5 Å². The van der Waals surface area contributed by atoms with E-state index in [9.17, 15) is 4.79 Å². The monoisotopic (exact) mass is 347 g/mol. The van der Waals surface area contributed by atoms with E-state index in [1.165, 1.54) is 17.5 Å². The molecule has 3 aromatic rings. The van der Waals surface area contributed by atoms with Crippen molar-refractivity contribution < 1.29 is 4.79 Å². The Kier molecular flexibility index (Phi) is 4.74. The van der Waals surface area contributed by atoms with Crippen LogP contribution in [-0.4, -0.2) is 33.4 Å². The van der Waals surface area contributed by atoms with Crippen molar-refractivity contribution in [2.45, 2.75) is 39.2 Å². The van der Waals surface area contributed by atoms with Crippen molar-refractivity contribution >= 4 is 16.9 Å². The number of nitrogens with zero attached hydrogens (tertiary/aromatic N) is 3. The highest BCUT2D eigenvalue weighted by Crippen LogP contribution is 2.21. The zero-order chi connectivity index (χ0) is 17.9. The first kappa shape index (κ1) is 16.8. The zero-order valence-electron chi connectivity index (χ0n) is 15.3. The third kappa shape index (κ3) is 3.36. The van der Waals surface area contributed by atoms with E-state index in [1.54, 1.807) is 0 Å². The number of aryl methyl sites for hydroxylation is 1. The molecule has 0 atom stereocenters. The molecule has 0 saturated carbocycles.